The second-order valence-corrected chi connectivity index (χ2v) is 5.73. The fourth-order valence-electron chi connectivity index (χ4n) is 3.00. The molecule has 2 unspecified atom stereocenters. The fourth-order valence-corrected chi connectivity index (χ4v) is 3.00. The third kappa shape index (κ3) is 2.01. The Kier molecular flexibility index (Phi) is 2.73. The molecule has 2 heterocycles. The van der Waals surface area contributed by atoms with Crippen LogP contribution in [0.15, 0.2) is 18.2 Å². The van der Waals surface area contributed by atoms with Gasteiger partial charge < -0.3 is 10.2 Å². The van der Waals surface area contributed by atoms with Crippen LogP contribution in [0.25, 0.3) is 0 Å². The summed E-state index contributed by atoms with van der Waals surface area (Å²) >= 11 is 0. The summed E-state index contributed by atoms with van der Waals surface area (Å²) < 4.78 is 0. The Morgan fingerprint density at radius 1 is 1.18 bits per heavy atom. The Bertz CT molecular complexity index is 403. The summed E-state index contributed by atoms with van der Waals surface area (Å²) in [6.07, 6.45) is 2.50. The molecule has 2 nitrogen and oxygen atoms in total. The van der Waals surface area contributed by atoms with E-state index in [1.165, 1.54) is 42.9 Å². The van der Waals surface area contributed by atoms with E-state index in [4.69, 9.17) is 0 Å². The second-order valence-electron chi connectivity index (χ2n) is 5.73. The van der Waals surface area contributed by atoms with Crippen molar-refractivity contribution in [1.82, 2.24) is 0 Å². The van der Waals surface area contributed by atoms with Crippen LogP contribution in [0.2, 0.25) is 0 Å². The van der Waals surface area contributed by atoms with Gasteiger partial charge in [0.05, 0.1) is 0 Å². The molecule has 0 saturated carbocycles. The van der Waals surface area contributed by atoms with Crippen LogP contribution in [0.3, 0.4) is 0 Å². The topological polar surface area (TPSA) is 15.3 Å². The lowest BCUT2D eigenvalue weighted by atomic mass is 10.0. The van der Waals surface area contributed by atoms with Gasteiger partial charge in [-0.25, -0.2) is 0 Å². The van der Waals surface area contributed by atoms with Crippen LogP contribution in [0.1, 0.15) is 25.8 Å². The molecule has 1 aromatic rings. The maximum atomic E-state index is 3.48. The summed E-state index contributed by atoms with van der Waals surface area (Å²) in [6, 6.07) is 6.94. The smallest absolute Gasteiger partial charge is 0.0374 e. The van der Waals surface area contributed by atoms with E-state index in [2.05, 4.69) is 42.3 Å². The van der Waals surface area contributed by atoms with Gasteiger partial charge in [-0.3, -0.25) is 0 Å². The van der Waals surface area contributed by atoms with Crippen molar-refractivity contribution in [3.63, 3.8) is 0 Å². The third-order valence-corrected chi connectivity index (χ3v) is 4.38. The van der Waals surface area contributed by atoms with E-state index in [1.807, 2.05) is 0 Å². The molecule has 2 aliphatic heterocycles. The molecule has 2 aliphatic rings. The van der Waals surface area contributed by atoms with Gasteiger partial charge >= 0.3 is 0 Å². The highest BCUT2D eigenvalue weighted by atomic mass is 15.2. The molecule has 1 fully saturated rings. The van der Waals surface area contributed by atoms with E-state index in [9.17, 15) is 0 Å². The average Bonchev–Trinajstić information content (AvgIpc) is 2.69. The lowest BCUT2D eigenvalue weighted by molar-refractivity contribution is 0.494. The van der Waals surface area contributed by atoms with Gasteiger partial charge in [0, 0.05) is 31.0 Å². The summed E-state index contributed by atoms with van der Waals surface area (Å²) in [5, 5.41) is 3.48. The summed E-state index contributed by atoms with van der Waals surface area (Å²) in [5.41, 5.74) is 4.27. The molecule has 17 heavy (non-hydrogen) atoms. The monoisotopic (exact) mass is 230 g/mol. The number of hydrogen-bond acceptors (Lipinski definition) is 2. The van der Waals surface area contributed by atoms with Crippen LogP contribution < -0.4 is 10.2 Å². The first-order valence-electron chi connectivity index (χ1n) is 6.86. The van der Waals surface area contributed by atoms with Gasteiger partial charge in [0.2, 0.25) is 0 Å². The molecule has 1 N–H and O–H groups in total. The summed E-state index contributed by atoms with van der Waals surface area (Å²) in [6.45, 7) is 8.29. The van der Waals surface area contributed by atoms with E-state index in [-0.39, 0.29) is 0 Å². The molecule has 0 bridgehead atoms. The minimum Gasteiger partial charge on any atom is -0.385 e. The lowest BCUT2D eigenvalue weighted by Gasteiger charge is -2.23. The van der Waals surface area contributed by atoms with Gasteiger partial charge in [-0.2, -0.15) is 0 Å². The highest BCUT2D eigenvalue weighted by Crippen LogP contribution is 2.31. The lowest BCUT2D eigenvalue weighted by Crippen LogP contribution is -2.20. The summed E-state index contributed by atoms with van der Waals surface area (Å²) in [7, 11) is 0. The number of aryl methyl sites for hydroxylation is 1. The SMILES string of the molecule is CC1CN(c2ccc3c(c2)CCCN3)CC1C. The van der Waals surface area contributed by atoms with Crippen LogP contribution in [-0.4, -0.2) is 19.6 Å². The summed E-state index contributed by atoms with van der Waals surface area (Å²) in [5.74, 6) is 1.65. The van der Waals surface area contributed by atoms with E-state index in [0.717, 1.165) is 18.4 Å². The molecular weight excluding hydrogens is 208 g/mol. The molecule has 92 valence electrons. The predicted molar refractivity (Wildman–Crippen MR) is 73.8 cm³/mol. The molecule has 0 spiro atoms. The average molecular weight is 230 g/mol. The van der Waals surface area contributed by atoms with E-state index < -0.39 is 0 Å². The van der Waals surface area contributed by atoms with Gasteiger partial charge in [0.25, 0.3) is 0 Å². The molecule has 0 radical (unpaired) electrons. The fraction of sp³-hybridized carbons (Fsp3) is 0.600. The van der Waals surface area contributed by atoms with Crippen LogP contribution in [0, 0.1) is 11.8 Å². The Labute approximate surface area is 104 Å². The van der Waals surface area contributed by atoms with Crippen molar-refractivity contribution in [3.8, 4) is 0 Å². The highest BCUT2D eigenvalue weighted by Gasteiger charge is 2.26. The normalized spacial score (nSPS) is 27.8. The molecule has 2 atom stereocenters. The van der Waals surface area contributed by atoms with Gasteiger partial charge in [0.1, 0.15) is 0 Å². The molecule has 0 aliphatic carbocycles. The molecule has 1 saturated heterocycles. The minimum atomic E-state index is 0.823. The number of nitrogens with zero attached hydrogens (tertiary/aromatic N) is 1. The summed E-state index contributed by atoms with van der Waals surface area (Å²) in [4.78, 5) is 2.55. The van der Waals surface area contributed by atoms with Crippen LogP contribution in [0.4, 0.5) is 11.4 Å². The number of benzene rings is 1. The number of rotatable bonds is 1. The minimum absolute atomic E-state index is 0.823. The number of fused-ring (bicyclic) bond motifs is 1. The van der Waals surface area contributed by atoms with E-state index in [0.29, 0.717) is 0 Å². The first kappa shape index (κ1) is 10.9. The molecule has 2 heteroatoms. The number of hydrogen-bond donors (Lipinski definition) is 1. The van der Waals surface area contributed by atoms with Crippen molar-refractivity contribution < 1.29 is 0 Å². The zero-order valence-corrected chi connectivity index (χ0v) is 10.9. The zero-order chi connectivity index (χ0) is 11.8. The maximum Gasteiger partial charge on any atom is 0.0374 e. The first-order chi connectivity index (χ1) is 8.24. The Morgan fingerprint density at radius 3 is 2.71 bits per heavy atom. The van der Waals surface area contributed by atoms with Crippen molar-refractivity contribution in [3.05, 3.63) is 23.8 Å². The molecular formula is C15H22N2. The number of nitrogens with one attached hydrogen (secondary N) is 1. The van der Waals surface area contributed by atoms with E-state index >= 15 is 0 Å². The third-order valence-electron chi connectivity index (χ3n) is 4.38. The van der Waals surface area contributed by atoms with Crippen LogP contribution >= 0.6 is 0 Å². The number of anilines is 2. The van der Waals surface area contributed by atoms with Crippen LogP contribution in [0.5, 0.6) is 0 Å². The molecule has 0 amide bonds. The van der Waals surface area contributed by atoms with Crippen LogP contribution in [-0.2, 0) is 6.42 Å². The van der Waals surface area contributed by atoms with Crippen molar-refractivity contribution in [1.29, 1.82) is 0 Å². The van der Waals surface area contributed by atoms with Gasteiger partial charge in [-0.1, -0.05) is 13.8 Å². The quantitative estimate of drug-likeness (QED) is 0.797. The standard InChI is InChI=1S/C15H22N2/c1-11-9-17(10-12(11)2)14-5-6-15-13(8-14)4-3-7-16-15/h5-6,8,11-12,16H,3-4,7,9-10H2,1-2H3. The van der Waals surface area contributed by atoms with E-state index in [1.54, 1.807) is 0 Å². The molecule has 1 aromatic carbocycles. The van der Waals surface area contributed by atoms with Gasteiger partial charge in [0.15, 0.2) is 0 Å². The first-order valence-corrected chi connectivity index (χ1v) is 6.86. The Morgan fingerprint density at radius 2 is 1.94 bits per heavy atom. The predicted octanol–water partition coefficient (Wildman–Crippen LogP) is 3.14. The second kappa shape index (κ2) is 4.25. The zero-order valence-electron chi connectivity index (χ0n) is 10.9. The van der Waals surface area contributed by atoms with Crippen molar-refractivity contribution in [2.24, 2.45) is 11.8 Å². The largest absolute Gasteiger partial charge is 0.385 e. The van der Waals surface area contributed by atoms with Crippen molar-refractivity contribution >= 4 is 11.4 Å². The molecule has 0 aromatic heterocycles. The van der Waals surface area contributed by atoms with Gasteiger partial charge in [-0.05, 0) is 48.4 Å². The van der Waals surface area contributed by atoms with Gasteiger partial charge in [-0.15, -0.1) is 0 Å². The highest BCUT2D eigenvalue weighted by molar-refractivity contribution is 5.62. The van der Waals surface area contributed by atoms with Crippen molar-refractivity contribution in [2.45, 2.75) is 26.7 Å². The Balaban J connectivity index is 1.84. The van der Waals surface area contributed by atoms with Crippen molar-refractivity contribution in [2.75, 3.05) is 29.9 Å². The molecule has 3 rings (SSSR count). The Hall–Kier alpha value is -1.18. The maximum absolute atomic E-state index is 3.48.